The van der Waals surface area contributed by atoms with Gasteiger partial charge in [0.15, 0.2) is 0 Å². The number of thioether (sulfide) groups is 1. The SMILES string of the molecule is O=C(NC(c1ccccc1)c1ccccc1)c1ccc([C@@H]2SCC(=O)N2Cc2ccco2)cc1. The summed E-state index contributed by atoms with van der Waals surface area (Å²) in [5, 5.41) is 3.08. The predicted molar refractivity (Wildman–Crippen MR) is 133 cm³/mol. The van der Waals surface area contributed by atoms with Crippen molar-refractivity contribution in [1.29, 1.82) is 0 Å². The van der Waals surface area contributed by atoms with Gasteiger partial charge in [0.25, 0.3) is 5.91 Å². The van der Waals surface area contributed by atoms with Crippen molar-refractivity contribution in [2.75, 3.05) is 5.75 Å². The minimum Gasteiger partial charge on any atom is -0.467 e. The summed E-state index contributed by atoms with van der Waals surface area (Å²) >= 11 is 1.59. The van der Waals surface area contributed by atoms with Crippen molar-refractivity contribution in [3.63, 3.8) is 0 Å². The number of hydrogen-bond donors (Lipinski definition) is 1. The first-order valence-corrected chi connectivity index (χ1v) is 12.2. The van der Waals surface area contributed by atoms with Crippen molar-refractivity contribution in [2.24, 2.45) is 0 Å². The zero-order chi connectivity index (χ0) is 23.3. The molecule has 3 aromatic carbocycles. The molecule has 0 unspecified atom stereocenters. The first kappa shape index (κ1) is 22.0. The van der Waals surface area contributed by atoms with Gasteiger partial charge in [-0.3, -0.25) is 9.59 Å². The van der Waals surface area contributed by atoms with Crippen LogP contribution in [0, 0.1) is 0 Å². The van der Waals surface area contributed by atoms with E-state index < -0.39 is 0 Å². The van der Waals surface area contributed by atoms with Crippen LogP contribution >= 0.6 is 11.8 Å². The van der Waals surface area contributed by atoms with Crippen molar-refractivity contribution in [2.45, 2.75) is 18.0 Å². The molecule has 1 saturated heterocycles. The molecule has 0 radical (unpaired) electrons. The molecule has 0 aliphatic carbocycles. The van der Waals surface area contributed by atoms with Gasteiger partial charge in [-0.15, -0.1) is 11.8 Å². The van der Waals surface area contributed by atoms with E-state index in [1.165, 1.54) is 0 Å². The highest BCUT2D eigenvalue weighted by molar-refractivity contribution is 8.00. The summed E-state index contributed by atoms with van der Waals surface area (Å²) in [6.45, 7) is 0.432. The Balaban J connectivity index is 1.33. The van der Waals surface area contributed by atoms with Crippen LogP contribution in [0.2, 0.25) is 0 Å². The molecular formula is C28H24N2O3S. The van der Waals surface area contributed by atoms with E-state index in [4.69, 9.17) is 4.42 Å². The van der Waals surface area contributed by atoms with Crippen LogP contribution in [0.3, 0.4) is 0 Å². The normalized spacial score (nSPS) is 15.6. The maximum atomic E-state index is 13.2. The first-order chi connectivity index (χ1) is 16.7. The van der Waals surface area contributed by atoms with Gasteiger partial charge in [-0.1, -0.05) is 72.8 Å². The van der Waals surface area contributed by atoms with Crippen LogP contribution in [-0.2, 0) is 11.3 Å². The van der Waals surface area contributed by atoms with Gasteiger partial charge in [0, 0.05) is 5.56 Å². The molecule has 1 aromatic heterocycles. The number of carbonyl (C=O) groups is 2. The number of hydrogen-bond acceptors (Lipinski definition) is 4. The van der Waals surface area contributed by atoms with Gasteiger partial charge in [-0.25, -0.2) is 0 Å². The highest BCUT2D eigenvalue weighted by Crippen LogP contribution is 2.39. The number of carbonyl (C=O) groups excluding carboxylic acids is 2. The summed E-state index contributed by atoms with van der Waals surface area (Å²) in [5.74, 6) is 1.13. The Morgan fingerprint density at radius 3 is 2.15 bits per heavy atom. The van der Waals surface area contributed by atoms with E-state index in [2.05, 4.69) is 5.32 Å². The average molecular weight is 469 g/mol. The molecule has 5 rings (SSSR count). The molecule has 0 bridgehead atoms. The Morgan fingerprint density at radius 1 is 0.912 bits per heavy atom. The van der Waals surface area contributed by atoms with Gasteiger partial charge >= 0.3 is 0 Å². The van der Waals surface area contributed by atoms with Gasteiger partial charge in [0.1, 0.15) is 11.1 Å². The molecule has 6 heteroatoms. The molecular weight excluding hydrogens is 444 g/mol. The lowest BCUT2D eigenvalue weighted by atomic mass is 9.98. The van der Waals surface area contributed by atoms with Crippen LogP contribution in [0.15, 0.2) is 108 Å². The van der Waals surface area contributed by atoms with Crippen LogP contribution in [0.1, 0.15) is 44.2 Å². The predicted octanol–water partition coefficient (Wildman–Crippen LogP) is 5.57. The summed E-state index contributed by atoms with van der Waals surface area (Å²) in [4.78, 5) is 27.4. The second-order valence-corrected chi connectivity index (χ2v) is 9.18. The molecule has 1 aliphatic heterocycles. The maximum absolute atomic E-state index is 13.2. The third-order valence-electron chi connectivity index (χ3n) is 5.87. The van der Waals surface area contributed by atoms with Crippen molar-refractivity contribution in [3.05, 3.63) is 131 Å². The summed E-state index contributed by atoms with van der Waals surface area (Å²) < 4.78 is 5.43. The highest BCUT2D eigenvalue weighted by Gasteiger charge is 2.33. The summed E-state index contributed by atoms with van der Waals surface area (Å²) in [6, 6.07) is 30.9. The van der Waals surface area contributed by atoms with Crippen molar-refractivity contribution >= 4 is 23.6 Å². The summed E-state index contributed by atoms with van der Waals surface area (Å²) in [7, 11) is 0. The maximum Gasteiger partial charge on any atom is 0.252 e. The standard InChI is InChI=1S/C28H24N2O3S/c31-25-19-34-28(30(25)18-24-12-7-17-33-24)23-15-13-22(14-16-23)27(32)29-26(20-8-3-1-4-9-20)21-10-5-2-6-11-21/h1-17,26,28H,18-19H2,(H,29,32)/t28-/m0/s1. The zero-order valence-electron chi connectivity index (χ0n) is 18.5. The van der Waals surface area contributed by atoms with Gasteiger partial charge in [0.2, 0.25) is 5.91 Å². The number of nitrogens with one attached hydrogen (secondary N) is 1. The monoisotopic (exact) mass is 468 g/mol. The lowest BCUT2D eigenvalue weighted by Gasteiger charge is -2.23. The minimum absolute atomic E-state index is 0.0850. The molecule has 1 aliphatic rings. The second kappa shape index (κ2) is 10.0. The molecule has 1 fully saturated rings. The van der Waals surface area contributed by atoms with Crippen LogP contribution in [0.4, 0.5) is 0 Å². The van der Waals surface area contributed by atoms with Crippen LogP contribution < -0.4 is 5.32 Å². The van der Waals surface area contributed by atoms with E-state index in [0.29, 0.717) is 17.9 Å². The van der Waals surface area contributed by atoms with Gasteiger partial charge in [-0.2, -0.15) is 0 Å². The van der Waals surface area contributed by atoms with Crippen LogP contribution in [0.25, 0.3) is 0 Å². The third kappa shape index (κ3) is 4.77. The van der Waals surface area contributed by atoms with Crippen molar-refractivity contribution in [3.8, 4) is 0 Å². The van der Waals surface area contributed by atoms with Gasteiger partial charge in [-0.05, 0) is 41.0 Å². The molecule has 5 nitrogen and oxygen atoms in total. The summed E-state index contributed by atoms with van der Waals surface area (Å²) in [5.41, 5.74) is 3.61. The first-order valence-electron chi connectivity index (χ1n) is 11.1. The average Bonchev–Trinajstić information content (AvgIpc) is 3.54. The number of rotatable bonds is 7. The summed E-state index contributed by atoms with van der Waals surface area (Å²) in [6.07, 6.45) is 1.61. The van der Waals surface area contributed by atoms with E-state index in [-0.39, 0.29) is 23.2 Å². The molecule has 4 aromatic rings. The molecule has 0 saturated carbocycles. The van der Waals surface area contributed by atoms with E-state index in [1.807, 2.05) is 102 Å². The number of amides is 2. The lowest BCUT2D eigenvalue weighted by Crippen LogP contribution is -2.29. The Morgan fingerprint density at radius 2 is 1.56 bits per heavy atom. The topological polar surface area (TPSA) is 62.6 Å². The fraction of sp³-hybridized carbons (Fsp3) is 0.143. The lowest BCUT2D eigenvalue weighted by molar-refractivity contribution is -0.128. The van der Waals surface area contributed by atoms with Crippen molar-refractivity contribution in [1.82, 2.24) is 10.2 Å². The van der Waals surface area contributed by atoms with Gasteiger partial charge in [0.05, 0.1) is 24.6 Å². The minimum atomic E-state index is -0.249. The Bertz CT molecular complexity index is 1200. The third-order valence-corrected chi connectivity index (χ3v) is 7.13. The number of benzene rings is 3. The highest BCUT2D eigenvalue weighted by atomic mass is 32.2. The van der Waals surface area contributed by atoms with E-state index >= 15 is 0 Å². The number of furan rings is 1. The van der Waals surface area contributed by atoms with Gasteiger partial charge < -0.3 is 14.6 Å². The Hall–Kier alpha value is -3.77. The largest absolute Gasteiger partial charge is 0.467 e. The zero-order valence-corrected chi connectivity index (χ0v) is 19.3. The van der Waals surface area contributed by atoms with Crippen molar-refractivity contribution < 1.29 is 14.0 Å². The smallest absolute Gasteiger partial charge is 0.252 e. The fourth-order valence-corrected chi connectivity index (χ4v) is 5.32. The molecule has 0 spiro atoms. The molecule has 2 amide bonds. The van der Waals surface area contributed by atoms with E-state index in [0.717, 1.165) is 22.5 Å². The quantitative estimate of drug-likeness (QED) is 0.385. The molecule has 1 atom stereocenters. The molecule has 2 heterocycles. The van der Waals surface area contributed by atoms with E-state index in [9.17, 15) is 9.59 Å². The molecule has 34 heavy (non-hydrogen) atoms. The van der Waals surface area contributed by atoms with Crippen LogP contribution in [-0.4, -0.2) is 22.5 Å². The Kier molecular flexibility index (Phi) is 6.49. The second-order valence-electron chi connectivity index (χ2n) is 8.11. The number of nitrogens with zero attached hydrogens (tertiary/aromatic N) is 1. The fourth-order valence-electron chi connectivity index (χ4n) is 4.14. The van der Waals surface area contributed by atoms with Crippen LogP contribution in [0.5, 0.6) is 0 Å². The molecule has 1 N–H and O–H groups in total. The Labute approximate surface area is 202 Å². The molecule has 170 valence electrons. The van der Waals surface area contributed by atoms with E-state index in [1.54, 1.807) is 18.0 Å².